The van der Waals surface area contributed by atoms with Crippen LogP contribution in [0.1, 0.15) is 18.0 Å². The molecule has 4 rings (SSSR count). The summed E-state index contributed by atoms with van der Waals surface area (Å²) in [5, 5.41) is 26.3. The number of aromatic hydroxyl groups is 1. The fourth-order valence-corrected chi connectivity index (χ4v) is 3.43. The number of nitrogens with one attached hydrogen (secondary N) is 1. The van der Waals surface area contributed by atoms with Gasteiger partial charge < -0.3 is 15.3 Å². The van der Waals surface area contributed by atoms with E-state index in [-0.39, 0.29) is 30.6 Å². The summed E-state index contributed by atoms with van der Waals surface area (Å²) < 4.78 is 23.1. The van der Waals surface area contributed by atoms with E-state index in [0.717, 1.165) is 17.8 Å². The maximum absolute atomic E-state index is 10.5. The van der Waals surface area contributed by atoms with Crippen molar-refractivity contribution in [2.75, 3.05) is 18.0 Å². The number of benzene rings is 1. The Labute approximate surface area is 186 Å². The fourth-order valence-electron chi connectivity index (χ4n) is 3.43. The van der Waals surface area contributed by atoms with Gasteiger partial charge in [0.25, 0.3) is 0 Å². The molecule has 10 heteroatoms. The lowest BCUT2D eigenvalue weighted by molar-refractivity contribution is 0.402. The number of aromatic nitrogens is 5. The smallest absolute Gasteiger partial charge is 0.245 e. The number of piperazine rings is 1. The van der Waals surface area contributed by atoms with Crippen LogP contribution in [0.2, 0.25) is 0 Å². The molecule has 3 heterocycles. The van der Waals surface area contributed by atoms with Crippen molar-refractivity contribution < 1.29 is 9.22 Å². The molecular formula is C19H25Cl2N7O. The van der Waals surface area contributed by atoms with Crippen molar-refractivity contribution in [1.29, 1.82) is 0 Å². The Kier molecular flexibility index (Phi) is 6.02. The highest BCUT2D eigenvalue weighted by atomic mass is 35.5. The van der Waals surface area contributed by atoms with Gasteiger partial charge in [-0.3, -0.25) is 4.68 Å². The van der Waals surface area contributed by atoms with E-state index in [1.54, 1.807) is 24.4 Å². The van der Waals surface area contributed by atoms with Gasteiger partial charge in [0.2, 0.25) is 5.95 Å². The SMILES string of the molecule is Cl.Cl.[2H]C([2H])([2H])n1cc(-c2ccc(-c3cnc(N4C[C@@H](C)N[C@@H](C)C4)nn3)c(O)c2)cn1. The molecule has 0 radical (unpaired) electrons. The number of rotatable bonds is 3. The summed E-state index contributed by atoms with van der Waals surface area (Å²) in [6, 6.07) is 5.69. The molecule has 0 bridgehead atoms. The molecular weight excluding hydrogens is 413 g/mol. The van der Waals surface area contributed by atoms with Crippen molar-refractivity contribution in [3.8, 4) is 28.1 Å². The number of hydrogen-bond acceptors (Lipinski definition) is 7. The van der Waals surface area contributed by atoms with E-state index in [1.807, 2.05) is 0 Å². The number of phenolic OH excluding ortho intramolecular Hbond substituents is 1. The van der Waals surface area contributed by atoms with E-state index in [0.29, 0.717) is 40.4 Å². The van der Waals surface area contributed by atoms with Gasteiger partial charge in [-0.15, -0.1) is 35.0 Å². The first kappa shape index (κ1) is 18.6. The van der Waals surface area contributed by atoms with Gasteiger partial charge in [-0.1, -0.05) is 6.07 Å². The lowest BCUT2D eigenvalue weighted by Gasteiger charge is -2.35. The third-order valence-electron chi connectivity index (χ3n) is 4.58. The standard InChI is InChI=1S/C19H23N7O.2ClH/c1-12-9-26(10-13(2)22-12)19-20-8-17(23-24-19)16-5-4-14(6-18(16)27)15-7-21-25(3)11-15;;/h4-8,11-13,22,27H,9-10H2,1-3H3;2*1H/t12-,13+;;/i3D3;;. The number of aryl methyl sites for hydroxylation is 1. The first-order chi connectivity index (χ1) is 14.2. The first-order valence-electron chi connectivity index (χ1n) is 10.3. The zero-order chi connectivity index (χ0) is 21.5. The molecule has 0 amide bonds. The Morgan fingerprint density at radius 1 is 1.10 bits per heavy atom. The van der Waals surface area contributed by atoms with Crippen LogP contribution >= 0.6 is 24.8 Å². The predicted octanol–water partition coefficient (Wildman–Crippen LogP) is 2.67. The molecule has 1 saturated heterocycles. The van der Waals surface area contributed by atoms with E-state index >= 15 is 0 Å². The minimum Gasteiger partial charge on any atom is -0.507 e. The first-order valence-corrected chi connectivity index (χ1v) is 8.80. The van der Waals surface area contributed by atoms with Crippen LogP contribution in [0.5, 0.6) is 5.75 Å². The van der Waals surface area contributed by atoms with Crippen LogP contribution < -0.4 is 10.2 Å². The topological polar surface area (TPSA) is 92.0 Å². The van der Waals surface area contributed by atoms with Crippen molar-refractivity contribution in [3.05, 3.63) is 36.8 Å². The Morgan fingerprint density at radius 3 is 2.45 bits per heavy atom. The molecule has 1 aliphatic heterocycles. The van der Waals surface area contributed by atoms with Crippen molar-refractivity contribution in [3.63, 3.8) is 0 Å². The average Bonchev–Trinajstić information content (AvgIpc) is 3.18. The van der Waals surface area contributed by atoms with E-state index in [1.165, 1.54) is 12.4 Å². The maximum atomic E-state index is 10.5. The van der Waals surface area contributed by atoms with Crippen LogP contribution in [0.25, 0.3) is 22.4 Å². The molecule has 8 nitrogen and oxygen atoms in total. The average molecular weight is 441 g/mol. The Hall–Kier alpha value is -2.42. The summed E-state index contributed by atoms with van der Waals surface area (Å²) in [5.74, 6) is 0.564. The van der Waals surface area contributed by atoms with Crippen molar-refractivity contribution in [2.45, 2.75) is 25.9 Å². The molecule has 3 aromatic rings. The van der Waals surface area contributed by atoms with Gasteiger partial charge in [-0.2, -0.15) is 5.10 Å². The molecule has 1 aromatic carbocycles. The van der Waals surface area contributed by atoms with Gasteiger partial charge in [-0.05, 0) is 31.5 Å². The molecule has 2 atom stereocenters. The van der Waals surface area contributed by atoms with Crippen molar-refractivity contribution in [2.24, 2.45) is 6.98 Å². The summed E-state index contributed by atoms with van der Waals surface area (Å²) >= 11 is 0. The van der Waals surface area contributed by atoms with Crippen molar-refractivity contribution >= 4 is 30.8 Å². The molecule has 0 unspecified atom stereocenters. The highest BCUT2D eigenvalue weighted by Crippen LogP contribution is 2.32. The van der Waals surface area contributed by atoms with E-state index < -0.39 is 6.98 Å². The van der Waals surface area contributed by atoms with Gasteiger partial charge in [0.1, 0.15) is 11.4 Å². The summed E-state index contributed by atoms with van der Waals surface area (Å²) in [5.41, 5.74) is 2.19. The van der Waals surface area contributed by atoms with Gasteiger partial charge >= 0.3 is 0 Å². The Balaban J connectivity index is 0.00000181. The molecule has 1 fully saturated rings. The predicted molar refractivity (Wildman–Crippen MR) is 118 cm³/mol. The molecule has 2 aromatic heterocycles. The van der Waals surface area contributed by atoms with E-state index in [4.69, 9.17) is 4.11 Å². The minimum atomic E-state index is -2.34. The van der Waals surface area contributed by atoms with Crippen molar-refractivity contribution in [1.82, 2.24) is 30.3 Å². The van der Waals surface area contributed by atoms with Crippen LogP contribution in [0, 0.1) is 0 Å². The number of nitrogens with zero attached hydrogens (tertiary/aromatic N) is 6. The summed E-state index contributed by atoms with van der Waals surface area (Å²) in [7, 11) is 0. The summed E-state index contributed by atoms with van der Waals surface area (Å²) in [6.07, 6.45) is 4.47. The number of anilines is 1. The Bertz CT molecular complexity index is 1040. The van der Waals surface area contributed by atoms with Gasteiger partial charge in [0.15, 0.2) is 0 Å². The molecule has 0 aliphatic carbocycles. The monoisotopic (exact) mass is 440 g/mol. The molecule has 0 saturated carbocycles. The largest absolute Gasteiger partial charge is 0.507 e. The van der Waals surface area contributed by atoms with Crippen LogP contribution in [0.3, 0.4) is 0 Å². The van der Waals surface area contributed by atoms with Gasteiger partial charge in [0.05, 0.1) is 12.4 Å². The minimum absolute atomic E-state index is 0. The van der Waals surface area contributed by atoms with E-state index in [2.05, 4.69) is 44.3 Å². The molecule has 156 valence electrons. The second-order valence-electron chi connectivity index (χ2n) is 6.92. The lowest BCUT2D eigenvalue weighted by atomic mass is 10.0. The molecule has 0 spiro atoms. The van der Waals surface area contributed by atoms with Crippen LogP contribution in [-0.2, 0) is 6.98 Å². The molecule has 29 heavy (non-hydrogen) atoms. The van der Waals surface area contributed by atoms with Gasteiger partial charge in [-0.25, -0.2) is 4.98 Å². The van der Waals surface area contributed by atoms with Crippen LogP contribution in [0.15, 0.2) is 36.8 Å². The highest BCUT2D eigenvalue weighted by Gasteiger charge is 2.23. The second-order valence-corrected chi connectivity index (χ2v) is 6.92. The molecule has 1 aliphatic rings. The Morgan fingerprint density at radius 2 is 1.86 bits per heavy atom. The lowest BCUT2D eigenvalue weighted by Crippen LogP contribution is -2.54. The summed E-state index contributed by atoms with van der Waals surface area (Å²) in [4.78, 5) is 6.53. The quantitative estimate of drug-likeness (QED) is 0.646. The zero-order valence-electron chi connectivity index (χ0n) is 19.0. The third-order valence-corrected chi connectivity index (χ3v) is 4.58. The third kappa shape index (κ3) is 4.95. The number of hydrogen-bond donors (Lipinski definition) is 2. The maximum Gasteiger partial charge on any atom is 0.245 e. The number of halogens is 2. The zero-order valence-corrected chi connectivity index (χ0v) is 17.6. The highest BCUT2D eigenvalue weighted by molar-refractivity contribution is 5.85. The fraction of sp³-hybridized carbons (Fsp3) is 0.368. The van der Waals surface area contributed by atoms with Crippen LogP contribution in [0.4, 0.5) is 5.95 Å². The number of phenols is 1. The van der Waals surface area contributed by atoms with E-state index in [9.17, 15) is 5.11 Å². The summed E-state index contributed by atoms with van der Waals surface area (Å²) in [6.45, 7) is 3.49. The van der Waals surface area contributed by atoms with Gasteiger partial charge in [0, 0.05) is 53.6 Å². The molecule has 2 N–H and O–H groups in total. The van der Waals surface area contributed by atoms with Crippen LogP contribution in [-0.4, -0.2) is 55.2 Å². The normalized spacial score (nSPS) is 20.6. The second kappa shape index (κ2) is 9.39.